The normalized spacial score (nSPS) is 13.0. The van der Waals surface area contributed by atoms with E-state index in [2.05, 4.69) is 37.2 Å². The van der Waals surface area contributed by atoms with Crippen LogP contribution in [0.3, 0.4) is 0 Å². The van der Waals surface area contributed by atoms with Crippen molar-refractivity contribution < 1.29 is 14.0 Å². The Morgan fingerprint density at radius 3 is 3.00 bits per heavy atom. The molecule has 0 unspecified atom stereocenters. The third-order valence-electron chi connectivity index (χ3n) is 3.14. The maximum atomic E-state index is 12.0. The Labute approximate surface area is 172 Å². The molecule has 0 saturated heterocycles. The lowest BCUT2D eigenvalue weighted by Crippen LogP contribution is -2.13. The van der Waals surface area contributed by atoms with E-state index >= 15 is 0 Å². The third kappa shape index (κ3) is 6.81. The molecule has 0 fully saturated rings. The van der Waals surface area contributed by atoms with Crippen LogP contribution < -0.4 is 11.1 Å². The van der Waals surface area contributed by atoms with Gasteiger partial charge in [0.2, 0.25) is 18.2 Å². The second-order valence-corrected chi connectivity index (χ2v) is 7.86. The van der Waals surface area contributed by atoms with Gasteiger partial charge in [-0.25, -0.2) is 0 Å². The van der Waals surface area contributed by atoms with E-state index in [-0.39, 0.29) is 18.1 Å². The van der Waals surface area contributed by atoms with Crippen LogP contribution in [-0.4, -0.2) is 28.3 Å². The summed E-state index contributed by atoms with van der Waals surface area (Å²) in [4.78, 5) is 20.6. The smallest absolute Gasteiger partial charge is 0.277 e. The number of hydrogen-bond donors (Lipinski definition) is 2. The quantitative estimate of drug-likeness (QED) is 0.508. The first-order chi connectivity index (χ1) is 13.0. The number of rotatable bonds is 5. The first kappa shape index (κ1) is 21.1. The van der Waals surface area contributed by atoms with Crippen LogP contribution in [0.15, 0.2) is 49.9 Å². The lowest BCUT2D eigenvalue weighted by Gasteiger charge is -2.02. The number of aryl methyl sites for hydroxylation is 1. The van der Waals surface area contributed by atoms with Crippen molar-refractivity contribution >= 4 is 61.9 Å². The number of nitrogens with zero attached hydrogens (tertiary/aromatic N) is 2. The van der Waals surface area contributed by atoms with Crippen LogP contribution in [0.2, 0.25) is 0 Å². The molecule has 142 valence electrons. The number of carbonyl (C=O) groups is 2. The summed E-state index contributed by atoms with van der Waals surface area (Å²) in [5.41, 5.74) is 6.09. The molecule has 1 aliphatic carbocycles. The van der Waals surface area contributed by atoms with Gasteiger partial charge in [0, 0.05) is 10.1 Å². The van der Waals surface area contributed by atoms with E-state index in [0.717, 1.165) is 27.0 Å². The molecule has 0 aliphatic heterocycles. The van der Waals surface area contributed by atoms with Crippen LogP contribution in [-0.2, 0) is 9.59 Å². The molecule has 1 aliphatic rings. The average molecular weight is 469 g/mol. The summed E-state index contributed by atoms with van der Waals surface area (Å²) in [5.74, 6) is 0.581. The minimum atomic E-state index is -0.0918. The second-order valence-electron chi connectivity index (χ2n) is 5.11. The molecule has 3 N–H and O–H groups in total. The van der Waals surface area contributed by atoms with Crippen molar-refractivity contribution in [2.75, 3.05) is 11.1 Å². The standard InChI is InChI=1S/C16H14BrN3O2S2.CH3NO/c1-10-6-7-23-15(10)18-13(21)9-24-16-20-19-14(22-16)11-4-2-3-5-12(17)8-11;2-1-3/h3-8H,2,9H2,1H3,(H,18,21);1H,(H2,2,3). The van der Waals surface area contributed by atoms with Crippen molar-refractivity contribution in [2.45, 2.75) is 18.6 Å². The van der Waals surface area contributed by atoms with Gasteiger partial charge in [-0.3, -0.25) is 9.59 Å². The van der Waals surface area contributed by atoms with Crippen molar-refractivity contribution in [3.8, 4) is 0 Å². The fourth-order valence-electron chi connectivity index (χ4n) is 1.96. The predicted octanol–water partition coefficient (Wildman–Crippen LogP) is 3.89. The van der Waals surface area contributed by atoms with Gasteiger partial charge in [-0.05, 0) is 36.4 Å². The van der Waals surface area contributed by atoms with Gasteiger partial charge >= 0.3 is 0 Å². The molecule has 0 bridgehead atoms. The molecule has 2 aromatic heterocycles. The molecule has 0 spiro atoms. The van der Waals surface area contributed by atoms with Crippen LogP contribution in [0.5, 0.6) is 0 Å². The molecule has 27 heavy (non-hydrogen) atoms. The predicted molar refractivity (Wildman–Crippen MR) is 112 cm³/mol. The van der Waals surface area contributed by atoms with Crippen molar-refractivity contribution in [3.63, 3.8) is 0 Å². The van der Waals surface area contributed by atoms with E-state index in [1.54, 1.807) is 0 Å². The summed E-state index contributed by atoms with van der Waals surface area (Å²) in [6, 6.07) is 1.97. The van der Waals surface area contributed by atoms with Crippen molar-refractivity contribution in [2.24, 2.45) is 5.73 Å². The maximum absolute atomic E-state index is 12.0. The fraction of sp³-hybridized carbons (Fsp3) is 0.176. The number of carbonyl (C=O) groups excluding carboxylic acids is 2. The van der Waals surface area contributed by atoms with Gasteiger partial charge in [-0.1, -0.05) is 45.9 Å². The van der Waals surface area contributed by atoms with E-state index in [4.69, 9.17) is 9.21 Å². The van der Waals surface area contributed by atoms with Crippen LogP contribution in [0.4, 0.5) is 5.00 Å². The summed E-state index contributed by atoms with van der Waals surface area (Å²) in [6.07, 6.45) is 9.01. The minimum absolute atomic E-state index is 0.0918. The molecular weight excluding hydrogens is 452 g/mol. The van der Waals surface area contributed by atoms with Crippen LogP contribution in [0, 0.1) is 6.92 Å². The number of hydrogen-bond acceptors (Lipinski definition) is 7. The number of primary amides is 1. The van der Waals surface area contributed by atoms with Gasteiger partial charge in [0.05, 0.1) is 10.8 Å². The Hall–Kier alpha value is -2.17. The molecule has 0 atom stereocenters. The van der Waals surface area contributed by atoms with Gasteiger partial charge < -0.3 is 15.5 Å². The topological polar surface area (TPSA) is 111 Å². The number of nitrogens with one attached hydrogen (secondary N) is 1. The Morgan fingerprint density at radius 1 is 1.52 bits per heavy atom. The lowest BCUT2D eigenvalue weighted by atomic mass is 10.2. The van der Waals surface area contributed by atoms with E-state index < -0.39 is 0 Å². The molecule has 7 nitrogen and oxygen atoms in total. The SMILES string of the molecule is Cc1ccsc1NC(=O)CSc1nnc(C2=CCC=CC(Br)=C2)o1.NC=O. The van der Waals surface area contributed by atoms with Crippen molar-refractivity contribution in [3.05, 3.63) is 51.7 Å². The van der Waals surface area contributed by atoms with Crippen LogP contribution >= 0.6 is 39.0 Å². The van der Waals surface area contributed by atoms with Gasteiger partial charge in [-0.15, -0.1) is 21.5 Å². The number of amides is 2. The maximum Gasteiger partial charge on any atom is 0.277 e. The van der Waals surface area contributed by atoms with E-state index in [1.165, 1.54) is 23.1 Å². The summed E-state index contributed by atoms with van der Waals surface area (Å²) in [6.45, 7) is 1.96. The van der Waals surface area contributed by atoms with E-state index in [0.29, 0.717) is 11.1 Å². The molecular formula is C17H17BrN4O3S2. The van der Waals surface area contributed by atoms with E-state index in [9.17, 15) is 4.79 Å². The zero-order valence-corrected chi connectivity index (χ0v) is 17.6. The van der Waals surface area contributed by atoms with Gasteiger partial charge in [0.15, 0.2) is 0 Å². The lowest BCUT2D eigenvalue weighted by molar-refractivity contribution is -0.113. The largest absolute Gasteiger partial charge is 0.411 e. The molecule has 2 amide bonds. The first-order valence-corrected chi connectivity index (χ1v) is 10.4. The van der Waals surface area contributed by atoms with Crippen LogP contribution in [0.25, 0.3) is 5.57 Å². The van der Waals surface area contributed by atoms with Crippen molar-refractivity contribution in [1.29, 1.82) is 0 Å². The number of allylic oxidation sites excluding steroid dienone is 6. The average Bonchev–Trinajstić information content (AvgIpc) is 3.20. The summed E-state index contributed by atoms with van der Waals surface area (Å²) >= 11 is 6.18. The highest BCUT2D eigenvalue weighted by Gasteiger charge is 2.13. The second kappa shape index (κ2) is 10.9. The molecule has 3 rings (SSSR count). The molecule has 2 aromatic rings. The number of thiophene rings is 1. The number of thioether (sulfide) groups is 1. The van der Waals surface area contributed by atoms with Crippen molar-refractivity contribution in [1.82, 2.24) is 10.2 Å². The fourth-order valence-corrected chi connectivity index (χ4v) is 3.79. The number of halogens is 1. The molecule has 0 aromatic carbocycles. The minimum Gasteiger partial charge on any atom is -0.411 e. The highest BCUT2D eigenvalue weighted by atomic mass is 79.9. The summed E-state index contributed by atoms with van der Waals surface area (Å²) < 4.78 is 6.59. The molecule has 2 heterocycles. The Bertz CT molecular complexity index is 886. The zero-order chi connectivity index (χ0) is 19.6. The highest BCUT2D eigenvalue weighted by molar-refractivity contribution is 9.11. The zero-order valence-electron chi connectivity index (χ0n) is 14.3. The number of aromatic nitrogens is 2. The Balaban J connectivity index is 0.000000817. The summed E-state index contributed by atoms with van der Waals surface area (Å²) in [7, 11) is 0. The van der Waals surface area contributed by atoms with Crippen LogP contribution in [0.1, 0.15) is 17.9 Å². The van der Waals surface area contributed by atoms with Gasteiger partial charge in [0.25, 0.3) is 5.22 Å². The Kier molecular flexibility index (Phi) is 8.49. The Morgan fingerprint density at radius 2 is 2.30 bits per heavy atom. The molecule has 0 saturated carbocycles. The van der Waals surface area contributed by atoms with E-state index in [1.807, 2.05) is 42.7 Å². The summed E-state index contributed by atoms with van der Waals surface area (Å²) in [5, 5.41) is 14.1. The van der Waals surface area contributed by atoms with Gasteiger partial charge in [0.1, 0.15) is 0 Å². The molecule has 0 radical (unpaired) electrons. The number of anilines is 1. The molecule has 10 heteroatoms. The first-order valence-electron chi connectivity index (χ1n) is 7.73. The van der Waals surface area contributed by atoms with Gasteiger partial charge in [-0.2, -0.15) is 0 Å². The monoisotopic (exact) mass is 468 g/mol. The number of nitrogens with two attached hydrogens (primary N) is 1. The third-order valence-corrected chi connectivity index (χ3v) is 5.38. The highest BCUT2D eigenvalue weighted by Crippen LogP contribution is 2.26.